The maximum Gasteiger partial charge on any atom is 0.356 e. The fourth-order valence-corrected chi connectivity index (χ4v) is 1.80. The van der Waals surface area contributed by atoms with Crippen LogP contribution in [0.5, 0.6) is 0 Å². The zero-order valence-corrected chi connectivity index (χ0v) is 9.67. The Bertz CT molecular complexity index is 592. The van der Waals surface area contributed by atoms with Gasteiger partial charge in [-0.05, 0) is 18.2 Å². The van der Waals surface area contributed by atoms with E-state index in [9.17, 15) is 9.59 Å². The Kier molecular flexibility index (Phi) is 3.01. The van der Waals surface area contributed by atoms with Gasteiger partial charge in [-0.2, -0.15) is 0 Å². The highest BCUT2D eigenvalue weighted by molar-refractivity contribution is 6.31. The number of amides is 1. The second-order valence-electron chi connectivity index (χ2n) is 3.32. The smallest absolute Gasteiger partial charge is 0.356 e. The largest absolute Gasteiger partial charge is 0.464 e. The predicted molar refractivity (Wildman–Crippen MR) is 64.3 cm³/mol. The van der Waals surface area contributed by atoms with Gasteiger partial charge in [0.2, 0.25) is 6.41 Å². The van der Waals surface area contributed by atoms with Crippen LogP contribution in [-0.2, 0) is 9.53 Å². The van der Waals surface area contributed by atoms with E-state index in [2.05, 4.69) is 15.0 Å². The van der Waals surface area contributed by atoms with E-state index in [4.69, 9.17) is 11.6 Å². The molecule has 1 aromatic carbocycles. The average Bonchev–Trinajstić information content (AvgIpc) is 2.67. The molecule has 0 atom stereocenters. The predicted octanol–water partition coefficient (Wildman–Crippen LogP) is 2.18. The third-order valence-electron chi connectivity index (χ3n) is 2.35. The number of carbonyl (C=O) groups is 2. The van der Waals surface area contributed by atoms with Crippen LogP contribution in [0.4, 0.5) is 5.69 Å². The second-order valence-corrected chi connectivity index (χ2v) is 3.76. The first-order valence-corrected chi connectivity index (χ1v) is 5.15. The van der Waals surface area contributed by atoms with E-state index >= 15 is 0 Å². The van der Waals surface area contributed by atoms with E-state index in [-0.39, 0.29) is 5.69 Å². The molecule has 1 heterocycles. The minimum atomic E-state index is -0.554. The number of carbonyl (C=O) groups excluding carboxylic acids is 2. The van der Waals surface area contributed by atoms with Crippen LogP contribution in [0, 0.1) is 0 Å². The maximum absolute atomic E-state index is 11.5. The number of nitrogens with one attached hydrogen (secondary N) is 2. The van der Waals surface area contributed by atoms with Crippen LogP contribution >= 0.6 is 11.6 Å². The summed E-state index contributed by atoms with van der Waals surface area (Å²) >= 11 is 5.87. The summed E-state index contributed by atoms with van der Waals surface area (Å²) < 4.78 is 4.62. The first-order valence-electron chi connectivity index (χ1n) is 4.77. The van der Waals surface area contributed by atoms with E-state index in [0.29, 0.717) is 28.0 Å². The molecule has 0 saturated carbocycles. The van der Waals surface area contributed by atoms with E-state index in [1.54, 1.807) is 18.2 Å². The van der Waals surface area contributed by atoms with E-state index < -0.39 is 5.97 Å². The summed E-state index contributed by atoms with van der Waals surface area (Å²) in [6.45, 7) is 0. The molecule has 17 heavy (non-hydrogen) atoms. The van der Waals surface area contributed by atoms with Crippen molar-refractivity contribution in [2.45, 2.75) is 0 Å². The molecule has 0 saturated heterocycles. The van der Waals surface area contributed by atoms with Crippen LogP contribution in [0.3, 0.4) is 0 Å². The van der Waals surface area contributed by atoms with Crippen LogP contribution < -0.4 is 5.32 Å². The van der Waals surface area contributed by atoms with Gasteiger partial charge in [0.05, 0.1) is 12.8 Å². The number of rotatable bonds is 3. The van der Waals surface area contributed by atoms with Crippen molar-refractivity contribution in [3.8, 4) is 0 Å². The summed E-state index contributed by atoms with van der Waals surface area (Å²) in [5.41, 5.74) is 1.25. The molecular weight excluding hydrogens is 244 g/mol. The van der Waals surface area contributed by atoms with Gasteiger partial charge < -0.3 is 15.0 Å². The third-order valence-corrected chi connectivity index (χ3v) is 2.59. The number of aromatic nitrogens is 1. The molecule has 88 valence electrons. The molecule has 0 bridgehead atoms. The molecule has 0 spiro atoms. The van der Waals surface area contributed by atoms with Crippen LogP contribution in [0.25, 0.3) is 10.9 Å². The van der Waals surface area contributed by atoms with E-state index in [0.717, 1.165) is 0 Å². The number of esters is 1. The van der Waals surface area contributed by atoms with Crippen LogP contribution in [0.2, 0.25) is 5.02 Å². The number of hydrogen-bond acceptors (Lipinski definition) is 3. The Morgan fingerprint density at radius 3 is 2.94 bits per heavy atom. The highest BCUT2D eigenvalue weighted by atomic mass is 35.5. The maximum atomic E-state index is 11.5. The van der Waals surface area contributed by atoms with Crippen molar-refractivity contribution < 1.29 is 14.3 Å². The summed E-state index contributed by atoms with van der Waals surface area (Å²) in [6, 6.07) is 5.07. The number of halogens is 1. The lowest BCUT2D eigenvalue weighted by Gasteiger charge is -2.00. The number of benzene rings is 1. The van der Waals surface area contributed by atoms with Gasteiger partial charge in [-0.15, -0.1) is 0 Å². The zero-order chi connectivity index (χ0) is 12.4. The molecular formula is C11H9ClN2O3. The van der Waals surface area contributed by atoms with Crippen molar-refractivity contribution in [2.75, 3.05) is 12.4 Å². The lowest BCUT2D eigenvalue weighted by atomic mass is 10.2. The van der Waals surface area contributed by atoms with Crippen molar-refractivity contribution >= 4 is 40.6 Å². The summed E-state index contributed by atoms with van der Waals surface area (Å²) in [6.07, 6.45) is 0.496. The number of aromatic amines is 1. The van der Waals surface area contributed by atoms with Gasteiger partial charge >= 0.3 is 5.97 Å². The number of anilines is 1. The molecule has 1 amide bonds. The molecule has 5 nitrogen and oxygen atoms in total. The zero-order valence-electron chi connectivity index (χ0n) is 8.91. The Morgan fingerprint density at radius 1 is 1.53 bits per heavy atom. The summed E-state index contributed by atoms with van der Waals surface area (Å²) in [5.74, 6) is -0.554. The Morgan fingerprint density at radius 2 is 2.29 bits per heavy atom. The molecule has 0 aliphatic rings. The molecule has 0 aliphatic heterocycles. The Hall–Kier alpha value is -2.01. The quantitative estimate of drug-likeness (QED) is 0.650. The highest BCUT2D eigenvalue weighted by Gasteiger charge is 2.18. The van der Waals surface area contributed by atoms with E-state index in [1.807, 2.05) is 0 Å². The lowest BCUT2D eigenvalue weighted by molar-refractivity contribution is -0.105. The minimum Gasteiger partial charge on any atom is -0.464 e. The van der Waals surface area contributed by atoms with Crippen molar-refractivity contribution in [2.24, 2.45) is 0 Å². The molecule has 2 rings (SSSR count). The number of ether oxygens (including phenoxy) is 1. The standard InChI is InChI=1S/C11H9ClN2O3/c1-17-11(16)10-9(13-5-15)7-4-6(12)2-3-8(7)14-10/h2-5,14H,1H3,(H,13,15). The first-order chi connectivity index (χ1) is 8.17. The fraction of sp³-hybridized carbons (Fsp3) is 0.0909. The van der Waals surface area contributed by atoms with Gasteiger partial charge in [0, 0.05) is 15.9 Å². The molecule has 6 heteroatoms. The van der Waals surface area contributed by atoms with Crippen molar-refractivity contribution in [1.29, 1.82) is 0 Å². The van der Waals surface area contributed by atoms with Gasteiger partial charge in [-0.1, -0.05) is 11.6 Å². The third kappa shape index (κ3) is 1.97. The van der Waals surface area contributed by atoms with E-state index in [1.165, 1.54) is 7.11 Å². The molecule has 1 aromatic heterocycles. The van der Waals surface area contributed by atoms with Crippen LogP contribution in [0.15, 0.2) is 18.2 Å². The highest BCUT2D eigenvalue weighted by Crippen LogP contribution is 2.30. The Balaban J connectivity index is 2.70. The summed E-state index contributed by atoms with van der Waals surface area (Å²) in [7, 11) is 1.27. The van der Waals surface area contributed by atoms with Gasteiger partial charge in [0.15, 0.2) is 0 Å². The molecule has 0 radical (unpaired) electrons. The average molecular weight is 253 g/mol. The number of hydrogen-bond donors (Lipinski definition) is 2. The SMILES string of the molecule is COC(=O)c1[nH]c2ccc(Cl)cc2c1NC=O. The van der Waals surface area contributed by atoms with Crippen LogP contribution in [-0.4, -0.2) is 24.5 Å². The van der Waals surface area contributed by atoms with Gasteiger partial charge in [0.1, 0.15) is 5.69 Å². The topological polar surface area (TPSA) is 71.2 Å². The van der Waals surface area contributed by atoms with Crippen molar-refractivity contribution in [3.05, 3.63) is 28.9 Å². The van der Waals surface area contributed by atoms with Gasteiger partial charge in [-0.25, -0.2) is 4.79 Å². The number of methoxy groups -OCH3 is 1. The summed E-state index contributed by atoms with van der Waals surface area (Å²) in [4.78, 5) is 24.9. The fourth-order valence-electron chi connectivity index (χ4n) is 1.63. The molecule has 0 unspecified atom stereocenters. The summed E-state index contributed by atoms with van der Waals surface area (Å²) in [5, 5.41) is 3.64. The number of H-pyrrole nitrogens is 1. The monoisotopic (exact) mass is 252 g/mol. The molecule has 0 aliphatic carbocycles. The first kappa shape index (κ1) is 11.5. The van der Waals surface area contributed by atoms with Gasteiger partial charge in [0.25, 0.3) is 0 Å². The minimum absolute atomic E-state index is 0.192. The molecule has 2 aromatic rings. The van der Waals surface area contributed by atoms with Crippen molar-refractivity contribution in [1.82, 2.24) is 4.98 Å². The number of fused-ring (bicyclic) bond motifs is 1. The molecule has 0 fully saturated rings. The van der Waals surface area contributed by atoms with Crippen molar-refractivity contribution in [3.63, 3.8) is 0 Å². The van der Waals surface area contributed by atoms with Gasteiger partial charge in [-0.3, -0.25) is 4.79 Å². The lowest BCUT2D eigenvalue weighted by Crippen LogP contribution is -2.06. The van der Waals surface area contributed by atoms with Crippen LogP contribution in [0.1, 0.15) is 10.5 Å². The Labute approximate surface area is 102 Å². The second kappa shape index (κ2) is 4.47. The molecule has 2 N–H and O–H groups in total. The normalized spacial score (nSPS) is 10.2.